The van der Waals surface area contributed by atoms with Crippen LogP contribution in [0.2, 0.25) is 0 Å². The van der Waals surface area contributed by atoms with Gasteiger partial charge in [-0.2, -0.15) is 0 Å². The normalized spacial score (nSPS) is 13.7. The summed E-state index contributed by atoms with van der Waals surface area (Å²) in [5.41, 5.74) is 2.00. The van der Waals surface area contributed by atoms with E-state index in [9.17, 15) is 14.4 Å². The van der Waals surface area contributed by atoms with Gasteiger partial charge in [-0.15, -0.1) is 0 Å². The molecule has 0 spiro atoms. The molecule has 0 aliphatic carbocycles. The molecule has 1 heterocycles. The first-order valence-corrected chi connectivity index (χ1v) is 7.63. The van der Waals surface area contributed by atoms with Gasteiger partial charge in [-0.25, -0.2) is 14.4 Å². The third-order valence-corrected chi connectivity index (χ3v) is 3.62. The van der Waals surface area contributed by atoms with Gasteiger partial charge in [-0.1, -0.05) is 50.8 Å². The van der Waals surface area contributed by atoms with Crippen LogP contribution in [0.25, 0.3) is 11.6 Å². The molecule has 24 heavy (non-hydrogen) atoms. The van der Waals surface area contributed by atoms with Crippen molar-refractivity contribution in [1.82, 2.24) is 0 Å². The Bertz CT molecular complexity index is 755. The van der Waals surface area contributed by atoms with Crippen molar-refractivity contribution in [3.05, 3.63) is 59.9 Å². The molecule has 0 bridgehead atoms. The van der Waals surface area contributed by atoms with E-state index < -0.39 is 23.7 Å². The average molecular weight is 326 g/mol. The Morgan fingerprint density at radius 3 is 2.62 bits per heavy atom. The summed E-state index contributed by atoms with van der Waals surface area (Å²) in [6.07, 6.45) is 5.09. The van der Waals surface area contributed by atoms with Crippen LogP contribution in [-0.4, -0.2) is 17.9 Å². The molecule has 1 aliphatic heterocycles. The number of aryl methyl sites for hydroxylation is 1. The van der Waals surface area contributed by atoms with E-state index in [2.05, 4.69) is 24.8 Å². The first-order valence-electron chi connectivity index (χ1n) is 7.63. The van der Waals surface area contributed by atoms with Gasteiger partial charge in [0.05, 0.1) is 0 Å². The summed E-state index contributed by atoms with van der Waals surface area (Å²) in [7, 11) is 0. The zero-order valence-corrected chi connectivity index (χ0v) is 13.5. The summed E-state index contributed by atoms with van der Waals surface area (Å²) < 4.78 is 9.61. The van der Waals surface area contributed by atoms with Gasteiger partial charge in [0.2, 0.25) is 5.76 Å². The van der Waals surface area contributed by atoms with E-state index in [-0.39, 0.29) is 5.57 Å². The molecule has 0 radical (unpaired) electrons. The molecule has 0 N–H and O–H groups in total. The van der Waals surface area contributed by atoms with E-state index in [0.29, 0.717) is 17.5 Å². The van der Waals surface area contributed by atoms with E-state index in [1.165, 1.54) is 0 Å². The van der Waals surface area contributed by atoms with Crippen molar-refractivity contribution in [3.8, 4) is 0 Å². The van der Waals surface area contributed by atoms with E-state index in [0.717, 1.165) is 24.5 Å². The zero-order chi connectivity index (χ0) is 17.7. The van der Waals surface area contributed by atoms with Crippen molar-refractivity contribution in [3.63, 3.8) is 0 Å². The minimum Gasteiger partial charge on any atom is -0.415 e. The quantitative estimate of drug-likeness (QED) is 0.437. The summed E-state index contributed by atoms with van der Waals surface area (Å²) >= 11 is 0. The van der Waals surface area contributed by atoms with Crippen LogP contribution < -0.4 is 0 Å². The summed E-state index contributed by atoms with van der Waals surface area (Å²) in [5, 5.41) is 0. The molecule has 0 saturated heterocycles. The third-order valence-electron chi connectivity index (χ3n) is 3.62. The number of carbonyl (C=O) groups excluding carboxylic acids is 3. The van der Waals surface area contributed by atoms with Crippen LogP contribution in [0.15, 0.2) is 43.2 Å². The van der Waals surface area contributed by atoms with E-state index in [4.69, 9.17) is 4.74 Å². The van der Waals surface area contributed by atoms with Crippen LogP contribution in [0.1, 0.15) is 36.5 Å². The lowest BCUT2D eigenvalue weighted by molar-refractivity contribution is -0.154. The minimum absolute atomic E-state index is 0.0446. The maximum absolute atomic E-state index is 12.2. The molecule has 0 aromatic heterocycles. The van der Waals surface area contributed by atoms with Gasteiger partial charge in [-0.3, -0.25) is 0 Å². The number of cyclic esters (lactones) is 2. The van der Waals surface area contributed by atoms with Gasteiger partial charge in [-0.05, 0) is 24.0 Å². The summed E-state index contributed by atoms with van der Waals surface area (Å²) in [6, 6.07) is 5.49. The van der Waals surface area contributed by atoms with Crippen LogP contribution in [0, 0.1) is 0 Å². The van der Waals surface area contributed by atoms with Crippen molar-refractivity contribution in [2.45, 2.75) is 26.2 Å². The standard InChI is InChI=1S/C19H18O5/c1-4-7-9-13-11-8-10-12(5-2)15(13)16-17(23-14(20)6-3)19(22)24-18(16)21/h5-6,8,10-11H,2-4,7,9H2,1H3. The molecule has 124 valence electrons. The average Bonchev–Trinajstić information content (AvgIpc) is 2.85. The molecule has 0 atom stereocenters. The van der Waals surface area contributed by atoms with Crippen molar-refractivity contribution in [2.75, 3.05) is 0 Å². The van der Waals surface area contributed by atoms with Gasteiger partial charge in [0.25, 0.3) is 0 Å². The van der Waals surface area contributed by atoms with Crippen LogP contribution in [0.3, 0.4) is 0 Å². The van der Waals surface area contributed by atoms with Crippen molar-refractivity contribution >= 4 is 29.6 Å². The maximum Gasteiger partial charge on any atom is 0.383 e. The molecule has 0 saturated carbocycles. The predicted molar refractivity (Wildman–Crippen MR) is 89.5 cm³/mol. The van der Waals surface area contributed by atoms with Crippen molar-refractivity contribution < 1.29 is 23.9 Å². The molecule has 5 nitrogen and oxygen atoms in total. The predicted octanol–water partition coefficient (Wildman–Crippen LogP) is 3.20. The molecule has 1 aromatic rings. The fourth-order valence-electron chi connectivity index (χ4n) is 2.50. The van der Waals surface area contributed by atoms with Crippen LogP contribution in [0.4, 0.5) is 0 Å². The second kappa shape index (κ2) is 7.55. The number of benzene rings is 1. The fraction of sp³-hybridized carbons (Fsp3) is 0.211. The Morgan fingerprint density at radius 2 is 2.00 bits per heavy atom. The van der Waals surface area contributed by atoms with Gasteiger partial charge >= 0.3 is 17.9 Å². The zero-order valence-electron chi connectivity index (χ0n) is 13.5. The summed E-state index contributed by atoms with van der Waals surface area (Å²) in [6.45, 7) is 9.09. The first kappa shape index (κ1) is 17.4. The molecule has 0 amide bonds. The second-order valence-electron chi connectivity index (χ2n) is 5.20. The van der Waals surface area contributed by atoms with Gasteiger partial charge < -0.3 is 9.47 Å². The molecular weight excluding hydrogens is 308 g/mol. The topological polar surface area (TPSA) is 69.7 Å². The molecule has 0 unspecified atom stereocenters. The van der Waals surface area contributed by atoms with Crippen molar-refractivity contribution in [2.24, 2.45) is 0 Å². The van der Waals surface area contributed by atoms with Crippen LogP contribution in [-0.2, 0) is 30.3 Å². The summed E-state index contributed by atoms with van der Waals surface area (Å²) in [4.78, 5) is 35.6. The maximum atomic E-state index is 12.2. The van der Waals surface area contributed by atoms with E-state index in [1.807, 2.05) is 12.1 Å². The third kappa shape index (κ3) is 3.35. The minimum atomic E-state index is -0.981. The number of ether oxygens (including phenoxy) is 2. The lowest BCUT2D eigenvalue weighted by Crippen LogP contribution is -2.08. The Morgan fingerprint density at radius 1 is 1.25 bits per heavy atom. The smallest absolute Gasteiger partial charge is 0.383 e. The van der Waals surface area contributed by atoms with Crippen LogP contribution >= 0.6 is 0 Å². The Hall–Kier alpha value is -2.95. The summed E-state index contributed by atoms with van der Waals surface area (Å²) in [5.74, 6) is -3.05. The highest BCUT2D eigenvalue weighted by molar-refractivity contribution is 6.31. The van der Waals surface area contributed by atoms with E-state index >= 15 is 0 Å². The highest BCUT2D eigenvalue weighted by atomic mass is 16.6. The van der Waals surface area contributed by atoms with Crippen LogP contribution in [0.5, 0.6) is 0 Å². The second-order valence-corrected chi connectivity index (χ2v) is 5.20. The lowest BCUT2D eigenvalue weighted by atomic mass is 9.91. The number of rotatable bonds is 7. The largest absolute Gasteiger partial charge is 0.415 e. The van der Waals surface area contributed by atoms with E-state index in [1.54, 1.807) is 12.1 Å². The number of hydrogen-bond acceptors (Lipinski definition) is 5. The fourth-order valence-corrected chi connectivity index (χ4v) is 2.50. The molecule has 1 aromatic carbocycles. The highest BCUT2D eigenvalue weighted by Gasteiger charge is 2.38. The molecule has 1 aliphatic rings. The Labute approximate surface area is 140 Å². The molecule has 5 heteroatoms. The number of esters is 3. The number of hydrogen-bond donors (Lipinski definition) is 0. The first-order chi connectivity index (χ1) is 11.5. The van der Waals surface area contributed by atoms with Gasteiger partial charge in [0.15, 0.2) is 0 Å². The molecular formula is C19H18O5. The monoisotopic (exact) mass is 326 g/mol. The van der Waals surface area contributed by atoms with Crippen molar-refractivity contribution in [1.29, 1.82) is 0 Å². The molecule has 2 rings (SSSR count). The Kier molecular flexibility index (Phi) is 5.47. The van der Waals surface area contributed by atoms with Gasteiger partial charge in [0, 0.05) is 11.6 Å². The SMILES string of the molecule is C=CC(=O)OC1=C(c2c(C=C)cccc2CCCC)C(=O)OC1=O. The highest BCUT2D eigenvalue weighted by Crippen LogP contribution is 2.34. The van der Waals surface area contributed by atoms with Gasteiger partial charge in [0.1, 0.15) is 5.57 Å². The Balaban J connectivity index is 2.67. The molecule has 0 fully saturated rings. The number of unbranched alkanes of at least 4 members (excludes halogenated alkanes) is 1. The number of carbonyl (C=O) groups is 3. The lowest BCUT2D eigenvalue weighted by Gasteiger charge is -2.13.